The normalized spacial score (nSPS) is 14.8. The van der Waals surface area contributed by atoms with Gasteiger partial charge in [-0.1, -0.05) is 12.1 Å². The number of carbonyl (C=O) groups excluding carboxylic acids is 3. The van der Waals surface area contributed by atoms with Gasteiger partial charge in [-0.25, -0.2) is 0 Å². The minimum atomic E-state index is -0.246. The molecule has 1 aliphatic rings. The molecule has 1 aromatic rings. The molecule has 1 aromatic carbocycles. The van der Waals surface area contributed by atoms with Crippen molar-refractivity contribution in [1.82, 2.24) is 10.2 Å². The van der Waals surface area contributed by atoms with Gasteiger partial charge in [-0.3, -0.25) is 19.3 Å². The number of carbonyl (C=O) groups is 3. The Balaban J connectivity index is 1.89. The van der Waals surface area contributed by atoms with E-state index in [1.54, 1.807) is 24.3 Å². The first-order valence-electron chi connectivity index (χ1n) is 8.43. The van der Waals surface area contributed by atoms with E-state index in [-0.39, 0.29) is 24.1 Å². The number of benzene rings is 1. The number of nitrogens with one attached hydrogen (secondary N) is 1. The Kier molecular flexibility index (Phi) is 7.09. The van der Waals surface area contributed by atoms with E-state index in [9.17, 15) is 14.4 Å². The summed E-state index contributed by atoms with van der Waals surface area (Å²) in [6.07, 6.45) is 0. The van der Waals surface area contributed by atoms with Crippen LogP contribution < -0.4 is 10.2 Å². The summed E-state index contributed by atoms with van der Waals surface area (Å²) in [6, 6.07) is 6.74. The summed E-state index contributed by atoms with van der Waals surface area (Å²) < 4.78 is 5.28. The van der Waals surface area contributed by atoms with Crippen LogP contribution in [0.5, 0.6) is 0 Å². The van der Waals surface area contributed by atoms with Crippen molar-refractivity contribution in [2.75, 3.05) is 50.8 Å². The highest BCUT2D eigenvalue weighted by molar-refractivity contribution is 6.00. The van der Waals surface area contributed by atoms with E-state index in [1.807, 2.05) is 0 Å². The predicted octanol–water partition coefficient (Wildman–Crippen LogP) is 0.690. The lowest BCUT2D eigenvalue weighted by Crippen LogP contribution is -2.44. The molecule has 0 radical (unpaired) electrons. The summed E-state index contributed by atoms with van der Waals surface area (Å²) in [4.78, 5) is 39.2. The largest absolute Gasteiger partial charge is 0.379 e. The Labute approximate surface area is 147 Å². The molecule has 0 saturated carbocycles. The van der Waals surface area contributed by atoms with Crippen molar-refractivity contribution in [3.8, 4) is 0 Å². The first kappa shape index (κ1) is 19.1. The van der Waals surface area contributed by atoms with Crippen LogP contribution >= 0.6 is 0 Å². The van der Waals surface area contributed by atoms with E-state index in [0.29, 0.717) is 17.8 Å². The first-order chi connectivity index (χ1) is 12.0. The van der Waals surface area contributed by atoms with Gasteiger partial charge in [-0.15, -0.1) is 0 Å². The van der Waals surface area contributed by atoms with Crippen molar-refractivity contribution in [3.63, 3.8) is 0 Å². The van der Waals surface area contributed by atoms with Gasteiger partial charge in [-0.05, 0) is 19.1 Å². The van der Waals surface area contributed by atoms with E-state index >= 15 is 0 Å². The maximum Gasteiger partial charge on any atom is 0.240 e. The molecule has 0 aliphatic carbocycles. The Morgan fingerprint density at radius 2 is 1.92 bits per heavy atom. The molecule has 1 fully saturated rings. The number of hydrogen-bond acceptors (Lipinski definition) is 5. The lowest BCUT2D eigenvalue weighted by atomic mass is 10.1. The molecule has 7 nitrogen and oxygen atoms in total. The van der Waals surface area contributed by atoms with Gasteiger partial charge in [0.2, 0.25) is 11.8 Å². The van der Waals surface area contributed by atoms with Gasteiger partial charge in [0.25, 0.3) is 0 Å². The highest BCUT2D eigenvalue weighted by Gasteiger charge is 2.17. The Hall–Kier alpha value is -2.25. The van der Waals surface area contributed by atoms with Crippen LogP contribution in [0, 0.1) is 0 Å². The van der Waals surface area contributed by atoms with Crippen molar-refractivity contribution in [1.29, 1.82) is 0 Å². The molecule has 1 aliphatic heterocycles. The summed E-state index contributed by atoms with van der Waals surface area (Å²) in [7, 11) is 0. The van der Waals surface area contributed by atoms with Crippen LogP contribution in [0.1, 0.15) is 24.2 Å². The third-order valence-corrected chi connectivity index (χ3v) is 4.10. The molecular formula is C18H25N3O4. The molecular weight excluding hydrogens is 322 g/mol. The molecule has 2 rings (SSSR count). The van der Waals surface area contributed by atoms with Crippen LogP contribution in [0.2, 0.25) is 0 Å². The number of ketones is 1. The van der Waals surface area contributed by atoms with Crippen LogP contribution in [0.25, 0.3) is 0 Å². The second-order valence-electron chi connectivity index (χ2n) is 6.02. The number of anilines is 1. The monoisotopic (exact) mass is 347 g/mol. The number of hydrogen-bond donors (Lipinski definition) is 1. The lowest BCUT2D eigenvalue weighted by molar-refractivity contribution is -0.123. The third-order valence-electron chi connectivity index (χ3n) is 4.10. The first-order valence-corrected chi connectivity index (χ1v) is 8.43. The predicted molar refractivity (Wildman–Crippen MR) is 94.7 cm³/mol. The molecule has 1 heterocycles. The average molecular weight is 347 g/mol. The topological polar surface area (TPSA) is 79.0 Å². The summed E-state index contributed by atoms with van der Waals surface area (Å²) in [5, 5.41) is 2.84. The molecule has 0 unspecified atom stereocenters. The summed E-state index contributed by atoms with van der Waals surface area (Å²) in [5.41, 5.74) is 1.06. The van der Waals surface area contributed by atoms with Crippen LogP contribution in [0.3, 0.4) is 0 Å². The quantitative estimate of drug-likeness (QED) is 0.734. The second kappa shape index (κ2) is 9.29. The Morgan fingerprint density at radius 3 is 2.56 bits per heavy atom. The standard InChI is InChI=1S/C18H25N3O4/c1-14(22)16-4-3-5-17(12-16)21(15(2)23)13-18(24)19-6-7-20-8-10-25-11-9-20/h3-5,12H,6-11,13H2,1-2H3,(H,19,24). The fourth-order valence-electron chi connectivity index (χ4n) is 2.65. The molecule has 0 atom stereocenters. The summed E-state index contributed by atoms with van der Waals surface area (Å²) in [6.45, 7) is 7.27. The SMILES string of the molecule is CC(=O)c1cccc(N(CC(=O)NCCN2CCOCC2)C(C)=O)c1. The minimum Gasteiger partial charge on any atom is -0.379 e. The zero-order chi connectivity index (χ0) is 18.2. The van der Waals surface area contributed by atoms with Crippen LogP contribution in [-0.4, -0.2) is 68.4 Å². The molecule has 2 amide bonds. The second-order valence-corrected chi connectivity index (χ2v) is 6.02. The molecule has 0 bridgehead atoms. The number of ether oxygens (including phenoxy) is 1. The minimum absolute atomic E-state index is 0.0696. The smallest absolute Gasteiger partial charge is 0.240 e. The van der Waals surface area contributed by atoms with Gasteiger partial charge in [0.05, 0.1) is 13.2 Å². The van der Waals surface area contributed by atoms with E-state index < -0.39 is 0 Å². The molecule has 1 N–H and O–H groups in total. The fraction of sp³-hybridized carbons (Fsp3) is 0.500. The van der Waals surface area contributed by atoms with Crippen LogP contribution in [0.4, 0.5) is 5.69 Å². The van der Waals surface area contributed by atoms with E-state index in [4.69, 9.17) is 4.74 Å². The average Bonchev–Trinajstić information content (AvgIpc) is 2.60. The number of Topliss-reactive ketones (excluding diaryl/α,β-unsaturated/α-hetero) is 1. The highest BCUT2D eigenvalue weighted by atomic mass is 16.5. The maximum atomic E-state index is 12.2. The van der Waals surface area contributed by atoms with Gasteiger partial charge in [0, 0.05) is 44.4 Å². The Morgan fingerprint density at radius 1 is 1.20 bits per heavy atom. The number of amides is 2. The van der Waals surface area contributed by atoms with Crippen LogP contribution in [-0.2, 0) is 14.3 Å². The number of morpholine rings is 1. The van der Waals surface area contributed by atoms with Gasteiger partial charge < -0.3 is 15.0 Å². The zero-order valence-corrected chi connectivity index (χ0v) is 14.8. The maximum absolute atomic E-state index is 12.2. The molecule has 0 spiro atoms. The van der Waals surface area contributed by atoms with Crippen molar-refractivity contribution in [3.05, 3.63) is 29.8 Å². The molecule has 0 aromatic heterocycles. The molecule has 7 heteroatoms. The van der Waals surface area contributed by atoms with Crippen molar-refractivity contribution >= 4 is 23.3 Å². The number of nitrogens with zero attached hydrogens (tertiary/aromatic N) is 2. The van der Waals surface area contributed by atoms with Gasteiger partial charge in [-0.2, -0.15) is 0 Å². The highest BCUT2D eigenvalue weighted by Crippen LogP contribution is 2.16. The van der Waals surface area contributed by atoms with Crippen molar-refractivity contribution in [2.45, 2.75) is 13.8 Å². The zero-order valence-electron chi connectivity index (χ0n) is 14.8. The van der Waals surface area contributed by atoms with Gasteiger partial charge in [0.15, 0.2) is 5.78 Å². The van der Waals surface area contributed by atoms with E-state index in [1.165, 1.54) is 18.7 Å². The molecule has 25 heavy (non-hydrogen) atoms. The molecule has 136 valence electrons. The third kappa shape index (κ3) is 5.95. The van der Waals surface area contributed by atoms with E-state index in [2.05, 4.69) is 10.2 Å². The van der Waals surface area contributed by atoms with E-state index in [0.717, 1.165) is 32.8 Å². The number of rotatable bonds is 7. The fourth-order valence-corrected chi connectivity index (χ4v) is 2.65. The van der Waals surface area contributed by atoms with Crippen LogP contribution in [0.15, 0.2) is 24.3 Å². The Bertz CT molecular complexity index is 627. The van der Waals surface area contributed by atoms with Crippen molar-refractivity contribution in [2.24, 2.45) is 0 Å². The molecule has 1 saturated heterocycles. The summed E-state index contributed by atoms with van der Waals surface area (Å²) in [5.74, 6) is -0.555. The van der Waals surface area contributed by atoms with Gasteiger partial charge >= 0.3 is 0 Å². The van der Waals surface area contributed by atoms with Crippen molar-refractivity contribution < 1.29 is 19.1 Å². The summed E-state index contributed by atoms with van der Waals surface area (Å²) >= 11 is 0. The lowest BCUT2D eigenvalue weighted by Gasteiger charge is -2.26. The van der Waals surface area contributed by atoms with Gasteiger partial charge in [0.1, 0.15) is 6.54 Å².